The van der Waals surface area contributed by atoms with Gasteiger partial charge >= 0.3 is 0 Å². The van der Waals surface area contributed by atoms with E-state index < -0.39 is 0 Å². The lowest BCUT2D eigenvalue weighted by atomic mass is 9.91. The van der Waals surface area contributed by atoms with Gasteiger partial charge in [0.15, 0.2) is 0 Å². The van der Waals surface area contributed by atoms with Crippen molar-refractivity contribution < 1.29 is 4.79 Å². The van der Waals surface area contributed by atoms with Gasteiger partial charge in [-0.25, -0.2) is 0 Å². The van der Waals surface area contributed by atoms with Gasteiger partial charge in [-0.2, -0.15) is 0 Å². The Bertz CT molecular complexity index is 322. The molecule has 0 aromatic heterocycles. The van der Waals surface area contributed by atoms with Gasteiger partial charge in [0.25, 0.3) is 0 Å². The molecule has 2 saturated carbocycles. The molecule has 2 aliphatic carbocycles. The second-order valence-electron chi connectivity index (χ2n) is 6.90. The fourth-order valence-corrected chi connectivity index (χ4v) is 4.07. The molecule has 3 aliphatic rings. The molecular weight excluding hydrogens is 224 g/mol. The van der Waals surface area contributed by atoms with E-state index in [4.69, 9.17) is 0 Å². The highest BCUT2D eigenvalue weighted by Gasteiger charge is 2.57. The third-order valence-electron chi connectivity index (χ3n) is 5.47. The van der Waals surface area contributed by atoms with Crippen molar-refractivity contribution in [3.63, 3.8) is 0 Å². The minimum atomic E-state index is 0.332. The van der Waals surface area contributed by atoms with Gasteiger partial charge in [0.05, 0.1) is 0 Å². The Hall–Kier alpha value is -0.570. The highest BCUT2D eigenvalue weighted by molar-refractivity contribution is 5.82. The van der Waals surface area contributed by atoms with E-state index in [1.54, 1.807) is 0 Å². The molecule has 3 heteroatoms. The highest BCUT2D eigenvalue weighted by atomic mass is 16.2. The molecule has 0 bridgehead atoms. The van der Waals surface area contributed by atoms with E-state index in [-0.39, 0.29) is 0 Å². The summed E-state index contributed by atoms with van der Waals surface area (Å²) < 4.78 is 0. The average molecular weight is 250 g/mol. The lowest BCUT2D eigenvalue weighted by Crippen LogP contribution is -2.35. The maximum atomic E-state index is 12.2. The molecule has 3 rings (SSSR count). The second-order valence-corrected chi connectivity index (χ2v) is 6.90. The minimum absolute atomic E-state index is 0.332. The van der Waals surface area contributed by atoms with Crippen LogP contribution in [0.15, 0.2) is 0 Å². The Balaban J connectivity index is 1.43. The van der Waals surface area contributed by atoms with Crippen LogP contribution in [-0.4, -0.2) is 25.5 Å². The third-order valence-corrected chi connectivity index (χ3v) is 5.47. The zero-order valence-electron chi connectivity index (χ0n) is 11.5. The standard InChI is InChI=1S/C15H26N2O/c1-11-2-3-12(8-11)10-17-14(18)13-9-15(13)4-6-16-7-5-15/h11-13,16H,2-10H2,1H3,(H,17,18). The summed E-state index contributed by atoms with van der Waals surface area (Å²) in [6.07, 6.45) is 7.50. The summed E-state index contributed by atoms with van der Waals surface area (Å²) >= 11 is 0. The molecule has 3 unspecified atom stereocenters. The van der Waals surface area contributed by atoms with Crippen LogP contribution < -0.4 is 10.6 Å². The van der Waals surface area contributed by atoms with Gasteiger partial charge in [0.2, 0.25) is 5.91 Å². The van der Waals surface area contributed by atoms with Crippen LogP contribution in [-0.2, 0) is 4.79 Å². The zero-order valence-corrected chi connectivity index (χ0v) is 11.5. The first kappa shape index (κ1) is 12.5. The number of rotatable bonds is 3. The minimum Gasteiger partial charge on any atom is -0.356 e. The van der Waals surface area contributed by atoms with Crippen LogP contribution in [0, 0.1) is 23.2 Å². The number of hydrogen-bond acceptors (Lipinski definition) is 2. The van der Waals surface area contributed by atoms with Gasteiger partial charge < -0.3 is 10.6 Å². The van der Waals surface area contributed by atoms with E-state index >= 15 is 0 Å². The van der Waals surface area contributed by atoms with Crippen molar-refractivity contribution in [2.45, 2.75) is 45.4 Å². The summed E-state index contributed by atoms with van der Waals surface area (Å²) in [5.74, 6) is 2.28. The van der Waals surface area contributed by atoms with Crippen molar-refractivity contribution in [2.24, 2.45) is 23.2 Å². The third kappa shape index (κ3) is 2.42. The first-order valence-electron chi connectivity index (χ1n) is 7.68. The molecule has 3 nitrogen and oxygen atoms in total. The molecule has 18 heavy (non-hydrogen) atoms. The summed E-state index contributed by atoms with van der Waals surface area (Å²) in [5.41, 5.74) is 0.387. The summed E-state index contributed by atoms with van der Waals surface area (Å²) in [6.45, 7) is 5.45. The fourth-order valence-electron chi connectivity index (χ4n) is 4.07. The monoisotopic (exact) mass is 250 g/mol. The molecule has 1 aliphatic heterocycles. The van der Waals surface area contributed by atoms with Crippen molar-refractivity contribution in [1.82, 2.24) is 10.6 Å². The molecule has 1 saturated heterocycles. The van der Waals surface area contributed by atoms with Crippen LogP contribution in [0.4, 0.5) is 0 Å². The topological polar surface area (TPSA) is 41.1 Å². The molecule has 0 radical (unpaired) electrons. The van der Waals surface area contributed by atoms with Crippen molar-refractivity contribution in [3.05, 3.63) is 0 Å². The van der Waals surface area contributed by atoms with Gasteiger partial charge in [-0.1, -0.05) is 13.3 Å². The summed E-state index contributed by atoms with van der Waals surface area (Å²) in [6, 6.07) is 0. The highest BCUT2D eigenvalue weighted by Crippen LogP contribution is 2.58. The number of piperidine rings is 1. The number of nitrogens with one attached hydrogen (secondary N) is 2. The predicted molar refractivity (Wildman–Crippen MR) is 72.2 cm³/mol. The van der Waals surface area contributed by atoms with Gasteiger partial charge in [0, 0.05) is 12.5 Å². The smallest absolute Gasteiger partial charge is 0.223 e. The van der Waals surface area contributed by atoms with Gasteiger partial charge in [-0.05, 0) is 62.4 Å². The van der Waals surface area contributed by atoms with Gasteiger partial charge in [-0.15, -0.1) is 0 Å². The van der Waals surface area contributed by atoms with E-state index in [1.165, 1.54) is 32.1 Å². The molecule has 0 aromatic carbocycles. The number of carbonyl (C=O) groups excluding carboxylic acids is 1. The first-order chi connectivity index (χ1) is 8.70. The van der Waals surface area contributed by atoms with Crippen LogP contribution in [0.25, 0.3) is 0 Å². The molecule has 1 heterocycles. The van der Waals surface area contributed by atoms with E-state index in [2.05, 4.69) is 17.6 Å². The Labute approximate surface area is 110 Å². The lowest BCUT2D eigenvalue weighted by Gasteiger charge is -2.23. The average Bonchev–Trinajstić information content (AvgIpc) is 2.89. The van der Waals surface area contributed by atoms with E-state index in [1.807, 2.05) is 0 Å². The predicted octanol–water partition coefficient (Wildman–Crippen LogP) is 1.93. The molecule has 0 aromatic rings. The number of hydrogen-bond donors (Lipinski definition) is 2. The van der Waals surface area contributed by atoms with Gasteiger partial charge in [0.1, 0.15) is 0 Å². The maximum absolute atomic E-state index is 12.2. The SMILES string of the molecule is CC1CCC(CNC(=O)C2CC23CCNCC3)C1. The maximum Gasteiger partial charge on any atom is 0.223 e. The molecule has 3 atom stereocenters. The fraction of sp³-hybridized carbons (Fsp3) is 0.933. The summed E-state index contributed by atoms with van der Waals surface area (Å²) in [7, 11) is 0. The van der Waals surface area contributed by atoms with Crippen molar-refractivity contribution >= 4 is 5.91 Å². The van der Waals surface area contributed by atoms with Crippen molar-refractivity contribution in [1.29, 1.82) is 0 Å². The Morgan fingerprint density at radius 3 is 2.78 bits per heavy atom. The largest absolute Gasteiger partial charge is 0.356 e. The van der Waals surface area contributed by atoms with E-state index in [0.717, 1.165) is 37.9 Å². The Kier molecular flexibility index (Phi) is 3.35. The van der Waals surface area contributed by atoms with E-state index in [9.17, 15) is 4.79 Å². The lowest BCUT2D eigenvalue weighted by molar-refractivity contribution is -0.123. The molecular formula is C15H26N2O. The van der Waals surface area contributed by atoms with E-state index in [0.29, 0.717) is 17.2 Å². The second kappa shape index (κ2) is 4.84. The first-order valence-corrected chi connectivity index (χ1v) is 7.68. The van der Waals surface area contributed by atoms with Crippen LogP contribution in [0.3, 0.4) is 0 Å². The number of amides is 1. The van der Waals surface area contributed by atoms with Crippen molar-refractivity contribution in [2.75, 3.05) is 19.6 Å². The molecule has 1 spiro atoms. The molecule has 3 fully saturated rings. The van der Waals surface area contributed by atoms with Crippen LogP contribution in [0.5, 0.6) is 0 Å². The molecule has 102 valence electrons. The summed E-state index contributed by atoms with van der Waals surface area (Å²) in [5, 5.41) is 6.61. The Morgan fingerprint density at radius 1 is 1.33 bits per heavy atom. The number of carbonyl (C=O) groups is 1. The quantitative estimate of drug-likeness (QED) is 0.803. The molecule has 2 N–H and O–H groups in total. The van der Waals surface area contributed by atoms with Crippen LogP contribution >= 0.6 is 0 Å². The van der Waals surface area contributed by atoms with Crippen LogP contribution in [0.1, 0.15) is 45.4 Å². The van der Waals surface area contributed by atoms with Crippen LogP contribution in [0.2, 0.25) is 0 Å². The van der Waals surface area contributed by atoms with Crippen molar-refractivity contribution in [3.8, 4) is 0 Å². The molecule has 1 amide bonds. The van der Waals surface area contributed by atoms with Gasteiger partial charge in [-0.3, -0.25) is 4.79 Å². The Morgan fingerprint density at radius 2 is 2.11 bits per heavy atom. The zero-order chi connectivity index (χ0) is 12.6. The summed E-state index contributed by atoms with van der Waals surface area (Å²) in [4.78, 5) is 12.2. The normalized spacial score (nSPS) is 37.7.